The van der Waals surface area contributed by atoms with E-state index in [1.54, 1.807) is 0 Å². The summed E-state index contributed by atoms with van der Waals surface area (Å²) in [5, 5.41) is 48.6. The highest BCUT2D eigenvalue weighted by atomic mass is 16.7. The molecule has 5 atom stereocenters. The highest BCUT2D eigenvalue weighted by Crippen LogP contribution is 2.30. The van der Waals surface area contributed by atoms with Gasteiger partial charge in [-0.15, -0.1) is 0 Å². The van der Waals surface area contributed by atoms with Crippen molar-refractivity contribution in [1.82, 2.24) is 0 Å². The van der Waals surface area contributed by atoms with Crippen molar-refractivity contribution in [3.8, 4) is 0 Å². The number of fused-ring (bicyclic) bond motifs is 1. The van der Waals surface area contributed by atoms with Gasteiger partial charge in [0.15, 0.2) is 0 Å². The number of Topliss-reactive ketones (excluding diaryl/α,β-unsaturated/α-hetero) is 2. The zero-order valence-corrected chi connectivity index (χ0v) is 12.8. The molecule has 0 radical (unpaired) electrons. The number of allylic oxidation sites excluding steroid dienone is 2. The summed E-state index contributed by atoms with van der Waals surface area (Å²) in [5.74, 6) is -3.34. The Morgan fingerprint density at radius 2 is 1.56 bits per heavy atom. The summed E-state index contributed by atoms with van der Waals surface area (Å²) in [7, 11) is 0. The van der Waals surface area contributed by atoms with Crippen LogP contribution in [0.15, 0.2) is 35.8 Å². The van der Waals surface area contributed by atoms with Crippen molar-refractivity contribution in [2.45, 2.75) is 30.7 Å². The van der Waals surface area contributed by atoms with Crippen LogP contribution in [0.25, 0.3) is 0 Å². The van der Waals surface area contributed by atoms with Gasteiger partial charge in [-0.1, -0.05) is 24.3 Å². The zero-order valence-electron chi connectivity index (χ0n) is 12.8. The van der Waals surface area contributed by atoms with Crippen LogP contribution in [-0.2, 0) is 9.47 Å². The molecule has 9 nitrogen and oxygen atoms in total. The molecule has 1 aliphatic heterocycles. The zero-order chi connectivity index (χ0) is 18.3. The quantitative estimate of drug-likeness (QED) is 0.444. The Kier molecular flexibility index (Phi) is 4.58. The largest absolute Gasteiger partial charge is 0.501 e. The molecule has 0 amide bonds. The monoisotopic (exact) mass is 352 g/mol. The lowest BCUT2D eigenvalue weighted by molar-refractivity contribution is -0.290. The van der Waals surface area contributed by atoms with Crippen LogP contribution in [0.1, 0.15) is 20.7 Å². The predicted octanol–water partition coefficient (Wildman–Crippen LogP) is -1.35. The number of ether oxygens (including phenoxy) is 2. The standard InChI is InChI=1S/C16H16O9/c17-5-8-11(20)12(21)14(23)16(24-8)25-15-10(19)7-4-2-1-3-6(7)9(18)13(15)22/h1-4,8,11-12,14,16-17,20-23H,5H2/t8?,11-,12-,14?,16+/m1/s1. The van der Waals surface area contributed by atoms with E-state index in [-0.39, 0.29) is 11.1 Å². The van der Waals surface area contributed by atoms with Gasteiger partial charge in [-0.25, -0.2) is 0 Å². The Bertz CT molecular complexity index is 739. The maximum atomic E-state index is 12.5. The Hall–Kier alpha value is -2.30. The maximum absolute atomic E-state index is 12.5. The van der Waals surface area contributed by atoms with Crippen molar-refractivity contribution in [3.63, 3.8) is 0 Å². The molecule has 1 fully saturated rings. The summed E-state index contributed by atoms with van der Waals surface area (Å²) in [5.41, 5.74) is 0.0102. The van der Waals surface area contributed by atoms with E-state index in [9.17, 15) is 30.0 Å². The molecule has 2 unspecified atom stereocenters. The first-order chi connectivity index (χ1) is 11.9. The van der Waals surface area contributed by atoms with Gasteiger partial charge in [0.2, 0.25) is 29.4 Å². The third-order valence-electron chi connectivity index (χ3n) is 4.14. The van der Waals surface area contributed by atoms with E-state index in [1.807, 2.05) is 0 Å². The van der Waals surface area contributed by atoms with E-state index < -0.39 is 60.4 Å². The lowest BCUT2D eigenvalue weighted by atomic mass is 9.92. The highest BCUT2D eigenvalue weighted by molar-refractivity contribution is 6.25. The summed E-state index contributed by atoms with van der Waals surface area (Å²) in [6.07, 6.45) is -8.05. The number of hydrogen-bond acceptors (Lipinski definition) is 9. The van der Waals surface area contributed by atoms with Gasteiger partial charge in [0.05, 0.1) is 6.61 Å². The molecule has 1 aromatic rings. The SMILES string of the molecule is O=C1C(O)=C(O[C@@H]2OC(CO)[C@@H](O)[C@@H](O)C2O)C(=O)c2ccccc21. The van der Waals surface area contributed by atoms with Gasteiger partial charge in [-0.3, -0.25) is 9.59 Å². The number of ketones is 2. The molecule has 0 aromatic heterocycles. The molecule has 25 heavy (non-hydrogen) atoms. The topological polar surface area (TPSA) is 154 Å². The number of carbonyl (C=O) groups is 2. The first-order valence-corrected chi connectivity index (χ1v) is 7.45. The molecule has 0 spiro atoms. The van der Waals surface area contributed by atoms with Crippen LogP contribution in [0.4, 0.5) is 0 Å². The second kappa shape index (κ2) is 6.54. The number of aliphatic hydroxyl groups excluding tert-OH is 5. The number of carbonyl (C=O) groups excluding carboxylic acids is 2. The Balaban J connectivity index is 1.91. The van der Waals surface area contributed by atoms with E-state index in [4.69, 9.17) is 14.6 Å². The third-order valence-corrected chi connectivity index (χ3v) is 4.14. The molecule has 9 heteroatoms. The number of aliphatic hydroxyl groups is 5. The molecule has 134 valence electrons. The van der Waals surface area contributed by atoms with Crippen molar-refractivity contribution in [3.05, 3.63) is 46.9 Å². The molecular formula is C16H16O9. The van der Waals surface area contributed by atoms with Crippen LogP contribution >= 0.6 is 0 Å². The number of hydrogen-bond donors (Lipinski definition) is 5. The maximum Gasteiger partial charge on any atom is 0.232 e. The van der Waals surface area contributed by atoms with Crippen LogP contribution in [-0.4, -0.2) is 74.4 Å². The van der Waals surface area contributed by atoms with Gasteiger partial charge in [0.1, 0.15) is 24.4 Å². The lowest BCUT2D eigenvalue weighted by Gasteiger charge is -2.39. The van der Waals surface area contributed by atoms with E-state index in [0.717, 1.165) is 0 Å². The summed E-state index contributed by atoms with van der Waals surface area (Å²) in [6.45, 7) is -0.689. The van der Waals surface area contributed by atoms with Gasteiger partial charge in [-0.2, -0.15) is 0 Å². The fourth-order valence-corrected chi connectivity index (χ4v) is 2.73. The molecule has 0 saturated carbocycles. The number of benzene rings is 1. The highest BCUT2D eigenvalue weighted by Gasteiger charge is 2.46. The first-order valence-electron chi connectivity index (χ1n) is 7.45. The summed E-state index contributed by atoms with van der Waals surface area (Å²) in [4.78, 5) is 24.6. The fraction of sp³-hybridized carbons (Fsp3) is 0.375. The van der Waals surface area contributed by atoms with Crippen LogP contribution in [0.2, 0.25) is 0 Å². The second-order valence-electron chi connectivity index (χ2n) is 5.70. The van der Waals surface area contributed by atoms with Gasteiger partial charge in [0, 0.05) is 11.1 Å². The minimum absolute atomic E-state index is 0.00453. The average molecular weight is 352 g/mol. The Morgan fingerprint density at radius 3 is 2.16 bits per heavy atom. The minimum Gasteiger partial charge on any atom is -0.501 e. The number of rotatable bonds is 3. The van der Waals surface area contributed by atoms with Gasteiger partial charge >= 0.3 is 0 Å². The predicted molar refractivity (Wildman–Crippen MR) is 79.6 cm³/mol. The van der Waals surface area contributed by atoms with Crippen molar-refractivity contribution in [2.24, 2.45) is 0 Å². The molecular weight excluding hydrogens is 336 g/mol. The van der Waals surface area contributed by atoms with Gasteiger partial charge in [0.25, 0.3) is 0 Å². The molecule has 3 rings (SSSR count). The Labute approximate surface area is 141 Å². The first kappa shape index (κ1) is 17.5. The van der Waals surface area contributed by atoms with E-state index in [0.29, 0.717) is 0 Å². The molecule has 0 bridgehead atoms. The molecule has 5 N–H and O–H groups in total. The molecule has 1 aliphatic carbocycles. The van der Waals surface area contributed by atoms with E-state index in [1.165, 1.54) is 24.3 Å². The van der Waals surface area contributed by atoms with Crippen molar-refractivity contribution in [2.75, 3.05) is 6.61 Å². The smallest absolute Gasteiger partial charge is 0.232 e. The summed E-state index contributed by atoms with van der Waals surface area (Å²) >= 11 is 0. The molecule has 1 heterocycles. The Morgan fingerprint density at radius 1 is 0.960 bits per heavy atom. The van der Waals surface area contributed by atoms with Crippen molar-refractivity contribution >= 4 is 11.6 Å². The third kappa shape index (κ3) is 2.81. The summed E-state index contributed by atoms with van der Waals surface area (Å²) in [6, 6.07) is 5.80. The van der Waals surface area contributed by atoms with Crippen LogP contribution < -0.4 is 0 Å². The minimum atomic E-state index is -1.78. The normalized spacial score (nSPS) is 32.6. The van der Waals surface area contributed by atoms with Crippen LogP contribution in [0.3, 0.4) is 0 Å². The van der Waals surface area contributed by atoms with Crippen LogP contribution in [0.5, 0.6) is 0 Å². The summed E-state index contributed by atoms with van der Waals surface area (Å²) < 4.78 is 10.3. The fourth-order valence-electron chi connectivity index (χ4n) is 2.73. The van der Waals surface area contributed by atoms with Gasteiger partial charge < -0.3 is 35.0 Å². The van der Waals surface area contributed by atoms with Gasteiger partial charge in [-0.05, 0) is 0 Å². The second-order valence-corrected chi connectivity index (χ2v) is 5.70. The lowest BCUT2D eigenvalue weighted by Crippen LogP contribution is -2.59. The molecule has 1 aromatic carbocycles. The van der Waals surface area contributed by atoms with E-state index in [2.05, 4.69) is 0 Å². The van der Waals surface area contributed by atoms with Crippen molar-refractivity contribution in [1.29, 1.82) is 0 Å². The van der Waals surface area contributed by atoms with Crippen molar-refractivity contribution < 1.29 is 44.6 Å². The van der Waals surface area contributed by atoms with E-state index >= 15 is 0 Å². The van der Waals surface area contributed by atoms with Crippen LogP contribution in [0, 0.1) is 0 Å². The average Bonchev–Trinajstić information content (AvgIpc) is 2.63. The molecule has 2 aliphatic rings. The molecule has 1 saturated heterocycles.